The Bertz CT molecular complexity index is 760. The first-order valence-electron chi connectivity index (χ1n) is 6.76. The molecule has 0 spiro atoms. The number of nitrogens with zero attached hydrogens (tertiary/aromatic N) is 1. The van der Waals surface area contributed by atoms with Crippen molar-refractivity contribution in [2.24, 2.45) is 0 Å². The molecule has 0 aromatic heterocycles. The van der Waals surface area contributed by atoms with Crippen LogP contribution in [0.4, 0.5) is 5.69 Å². The Hall–Kier alpha value is -2.25. The van der Waals surface area contributed by atoms with Crippen LogP contribution in [0.2, 0.25) is 0 Å². The number of hydrogen-bond acceptors (Lipinski definition) is 4. The van der Waals surface area contributed by atoms with Gasteiger partial charge in [-0.15, -0.1) is 0 Å². The van der Waals surface area contributed by atoms with Crippen LogP contribution >= 0.6 is 0 Å². The van der Waals surface area contributed by atoms with Gasteiger partial charge in [-0.3, -0.25) is 10.1 Å². The van der Waals surface area contributed by atoms with Gasteiger partial charge in [-0.1, -0.05) is 43.3 Å². The van der Waals surface area contributed by atoms with Crippen molar-refractivity contribution in [2.75, 3.05) is 0 Å². The summed E-state index contributed by atoms with van der Waals surface area (Å²) < 4.78 is 27.4. The highest BCUT2D eigenvalue weighted by Gasteiger charge is 2.22. The van der Waals surface area contributed by atoms with Crippen LogP contribution in [0.5, 0.6) is 0 Å². The summed E-state index contributed by atoms with van der Waals surface area (Å²) in [4.78, 5) is 10.0. The molecular weight excluding hydrogens is 304 g/mol. The molecule has 0 aliphatic heterocycles. The third-order valence-corrected chi connectivity index (χ3v) is 4.72. The monoisotopic (exact) mass is 320 g/mol. The second-order valence-corrected chi connectivity index (χ2v) is 6.46. The first kappa shape index (κ1) is 16.1. The summed E-state index contributed by atoms with van der Waals surface area (Å²) in [5, 5.41) is 10.8. The standard InChI is InChI=1S/C15H16N2O4S/c1-2-15(12-7-4-3-5-8-12)16-22(20,21)14-10-6-9-13(11-14)17(18)19/h3-11,15-16H,2H2,1H3. The zero-order valence-corrected chi connectivity index (χ0v) is 12.8. The van der Waals surface area contributed by atoms with Crippen molar-refractivity contribution < 1.29 is 13.3 Å². The van der Waals surface area contributed by atoms with Crippen LogP contribution in [-0.2, 0) is 10.0 Å². The quantitative estimate of drug-likeness (QED) is 0.654. The van der Waals surface area contributed by atoms with Crippen molar-refractivity contribution in [3.63, 3.8) is 0 Å². The lowest BCUT2D eigenvalue weighted by atomic mass is 10.1. The summed E-state index contributed by atoms with van der Waals surface area (Å²) in [5.41, 5.74) is 0.592. The predicted octanol–water partition coefficient (Wildman–Crippen LogP) is 3.02. The zero-order chi connectivity index (χ0) is 16.2. The van der Waals surface area contributed by atoms with Crippen LogP contribution in [0.25, 0.3) is 0 Å². The van der Waals surface area contributed by atoms with E-state index in [1.807, 2.05) is 37.3 Å². The lowest BCUT2D eigenvalue weighted by Crippen LogP contribution is -2.28. The molecule has 6 nitrogen and oxygen atoms in total. The SMILES string of the molecule is CCC(NS(=O)(=O)c1cccc([N+](=O)[O-])c1)c1ccccc1. The van der Waals surface area contributed by atoms with E-state index in [2.05, 4.69) is 4.72 Å². The van der Waals surface area contributed by atoms with Crippen molar-refractivity contribution in [1.29, 1.82) is 0 Å². The molecule has 0 radical (unpaired) electrons. The lowest BCUT2D eigenvalue weighted by Gasteiger charge is -2.17. The van der Waals surface area contributed by atoms with Crippen LogP contribution in [0.15, 0.2) is 59.5 Å². The van der Waals surface area contributed by atoms with Gasteiger partial charge in [-0.25, -0.2) is 13.1 Å². The van der Waals surface area contributed by atoms with Gasteiger partial charge in [-0.05, 0) is 18.1 Å². The van der Waals surface area contributed by atoms with Crippen LogP contribution in [-0.4, -0.2) is 13.3 Å². The molecule has 0 saturated carbocycles. The summed E-state index contributed by atoms with van der Waals surface area (Å²) in [6.07, 6.45) is 0.568. The number of nitro benzene ring substituents is 1. The van der Waals surface area contributed by atoms with E-state index >= 15 is 0 Å². The minimum Gasteiger partial charge on any atom is -0.258 e. The number of nitro groups is 1. The Morgan fingerprint density at radius 3 is 2.41 bits per heavy atom. The summed E-state index contributed by atoms with van der Waals surface area (Å²) in [6, 6.07) is 13.8. The predicted molar refractivity (Wildman–Crippen MR) is 82.9 cm³/mol. The first-order chi connectivity index (χ1) is 10.4. The van der Waals surface area contributed by atoms with Gasteiger partial charge < -0.3 is 0 Å². The Morgan fingerprint density at radius 2 is 1.82 bits per heavy atom. The average molecular weight is 320 g/mol. The van der Waals surface area contributed by atoms with Gasteiger partial charge in [-0.2, -0.15) is 0 Å². The largest absolute Gasteiger partial charge is 0.270 e. The van der Waals surface area contributed by atoms with E-state index in [0.29, 0.717) is 6.42 Å². The van der Waals surface area contributed by atoms with E-state index < -0.39 is 14.9 Å². The van der Waals surface area contributed by atoms with Gasteiger partial charge in [0, 0.05) is 18.2 Å². The maximum Gasteiger partial charge on any atom is 0.270 e. The molecule has 0 heterocycles. The van der Waals surface area contributed by atoms with E-state index in [1.165, 1.54) is 18.2 Å². The van der Waals surface area contributed by atoms with Gasteiger partial charge in [0.2, 0.25) is 10.0 Å². The third kappa shape index (κ3) is 3.69. The second kappa shape index (κ2) is 6.67. The molecule has 1 unspecified atom stereocenters. The highest BCUT2D eigenvalue weighted by atomic mass is 32.2. The molecule has 22 heavy (non-hydrogen) atoms. The van der Waals surface area contributed by atoms with Gasteiger partial charge in [0.25, 0.3) is 5.69 Å². The van der Waals surface area contributed by atoms with E-state index in [-0.39, 0.29) is 16.6 Å². The summed E-state index contributed by atoms with van der Waals surface area (Å²) in [5.74, 6) is 0. The molecule has 0 fully saturated rings. The highest BCUT2D eigenvalue weighted by molar-refractivity contribution is 7.89. The summed E-state index contributed by atoms with van der Waals surface area (Å²) >= 11 is 0. The lowest BCUT2D eigenvalue weighted by molar-refractivity contribution is -0.385. The molecule has 0 aliphatic rings. The molecule has 0 saturated heterocycles. The van der Waals surface area contributed by atoms with Gasteiger partial charge >= 0.3 is 0 Å². The Labute approximate surface area is 129 Å². The van der Waals surface area contributed by atoms with E-state index in [1.54, 1.807) is 0 Å². The maximum atomic E-state index is 12.4. The summed E-state index contributed by atoms with van der Waals surface area (Å²) in [7, 11) is -3.83. The Morgan fingerprint density at radius 1 is 1.14 bits per heavy atom. The zero-order valence-electron chi connectivity index (χ0n) is 12.0. The molecule has 2 aromatic carbocycles. The number of hydrogen-bond donors (Lipinski definition) is 1. The van der Waals surface area contributed by atoms with Gasteiger partial charge in [0.15, 0.2) is 0 Å². The van der Waals surface area contributed by atoms with Crippen LogP contribution in [0.3, 0.4) is 0 Å². The maximum absolute atomic E-state index is 12.4. The smallest absolute Gasteiger partial charge is 0.258 e. The Kier molecular flexibility index (Phi) is 4.89. The number of rotatable bonds is 6. The minimum absolute atomic E-state index is 0.115. The molecule has 1 atom stereocenters. The van der Waals surface area contributed by atoms with Crippen molar-refractivity contribution in [1.82, 2.24) is 4.72 Å². The third-order valence-electron chi connectivity index (χ3n) is 3.25. The Balaban J connectivity index is 2.30. The van der Waals surface area contributed by atoms with E-state index in [0.717, 1.165) is 11.6 Å². The highest BCUT2D eigenvalue weighted by Crippen LogP contribution is 2.22. The molecule has 116 valence electrons. The number of non-ortho nitro benzene ring substituents is 1. The second-order valence-electron chi connectivity index (χ2n) is 4.75. The molecule has 0 amide bonds. The van der Waals surface area contributed by atoms with Crippen LogP contribution in [0.1, 0.15) is 24.9 Å². The molecule has 0 aliphatic carbocycles. The minimum atomic E-state index is -3.83. The van der Waals surface area contributed by atoms with Crippen molar-refractivity contribution in [3.05, 3.63) is 70.3 Å². The molecule has 2 rings (SSSR count). The number of nitrogens with one attached hydrogen (secondary N) is 1. The first-order valence-corrected chi connectivity index (χ1v) is 8.24. The molecular formula is C15H16N2O4S. The fourth-order valence-electron chi connectivity index (χ4n) is 2.09. The van der Waals surface area contributed by atoms with Crippen molar-refractivity contribution in [3.8, 4) is 0 Å². The molecule has 1 N–H and O–H groups in total. The van der Waals surface area contributed by atoms with Crippen molar-refractivity contribution >= 4 is 15.7 Å². The van der Waals surface area contributed by atoms with E-state index in [4.69, 9.17) is 0 Å². The van der Waals surface area contributed by atoms with Crippen LogP contribution in [0, 0.1) is 10.1 Å². The van der Waals surface area contributed by atoms with Gasteiger partial charge in [0.05, 0.1) is 9.82 Å². The molecule has 0 bridgehead atoms. The van der Waals surface area contributed by atoms with Gasteiger partial charge in [0.1, 0.15) is 0 Å². The van der Waals surface area contributed by atoms with Crippen molar-refractivity contribution in [2.45, 2.75) is 24.3 Å². The normalized spacial score (nSPS) is 12.8. The fraction of sp³-hybridized carbons (Fsp3) is 0.200. The fourth-order valence-corrected chi connectivity index (χ4v) is 3.44. The number of sulfonamides is 1. The molecule has 7 heteroatoms. The van der Waals surface area contributed by atoms with Crippen LogP contribution < -0.4 is 4.72 Å². The van der Waals surface area contributed by atoms with E-state index in [9.17, 15) is 18.5 Å². The molecule has 2 aromatic rings. The average Bonchev–Trinajstić information content (AvgIpc) is 2.53. The summed E-state index contributed by atoms with van der Waals surface area (Å²) in [6.45, 7) is 1.87. The topological polar surface area (TPSA) is 89.3 Å². The number of benzene rings is 2.